The summed E-state index contributed by atoms with van der Waals surface area (Å²) in [6.07, 6.45) is 0. The smallest absolute Gasteiger partial charge is 0.171 e. The van der Waals surface area contributed by atoms with Crippen LogP contribution in [0.25, 0.3) is 0 Å². The van der Waals surface area contributed by atoms with Crippen molar-refractivity contribution in [1.29, 1.82) is 0 Å². The predicted molar refractivity (Wildman–Crippen MR) is 80.6 cm³/mol. The molecule has 0 aliphatic heterocycles. The molecule has 4 heteroatoms. The van der Waals surface area contributed by atoms with E-state index in [1.165, 1.54) is 6.07 Å². The molecule has 0 aromatic heterocycles. The molecule has 0 unspecified atom stereocenters. The van der Waals surface area contributed by atoms with E-state index in [2.05, 4.69) is 10.6 Å². The van der Waals surface area contributed by atoms with E-state index in [-0.39, 0.29) is 5.82 Å². The highest BCUT2D eigenvalue weighted by molar-refractivity contribution is 7.80. The fourth-order valence-electron chi connectivity index (χ4n) is 1.72. The van der Waals surface area contributed by atoms with Crippen LogP contribution in [-0.2, 0) is 6.54 Å². The Kier molecular flexibility index (Phi) is 4.47. The summed E-state index contributed by atoms with van der Waals surface area (Å²) in [5.41, 5.74) is 2.67. The van der Waals surface area contributed by atoms with Gasteiger partial charge in [0, 0.05) is 17.8 Å². The molecule has 0 saturated heterocycles. The molecule has 0 saturated carbocycles. The lowest BCUT2D eigenvalue weighted by Gasteiger charge is -2.11. The van der Waals surface area contributed by atoms with Crippen LogP contribution in [0.4, 0.5) is 10.1 Å². The first-order valence-corrected chi connectivity index (χ1v) is 6.41. The number of aryl methyl sites for hydroxylation is 1. The maximum atomic E-state index is 13.4. The molecule has 0 fully saturated rings. The Labute approximate surface area is 117 Å². The highest BCUT2D eigenvalue weighted by Gasteiger charge is 2.02. The summed E-state index contributed by atoms with van der Waals surface area (Å²) in [5.74, 6) is -0.228. The summed E-state index contributed by atoms with van der Waals surface area (Å²) < 4.78 is 13.4. The van der Waals surface area contributed by atoms with Gasteiger partial charge in [-0.1, -0.05) is 30.3 Å². The van der Waals surface area contributed by atoms with Gasteiger partial charge in [-0.05, 0) is 42.9 Å². The minimum atomic E-state index is -0.228. The zero-order chi connectivity index (χ0) is 13.7. The molecular weight excluding hydrogens is 259 g/mol. The second-order valence-electron chi connectivity index (χ2n) is 4.27. The molecule has 2 nitrogen and oxygen atoms in total. The van der Waals surface area contributed by atoms with Crippen molar-refractivity contribution in [2.24, 2.45) is 0 Å². The monoisotopic (exact) mass is 274 g/mol. The van der Waals surface area contributed by atoms with Gasteiger partial charge >= 0.3 is 0 Å². The van der Waals surface area contributed by atoms with E-state index < -0.39 is 0 Å². The molecule has 98 valence electrons. The summed E-state index contributed by atoms with van der Waals surface area (Å²) >= 11 is 5.18. The van der Waals surface area contributed by atoms with Crippen molar-refractivity contribution in [3.05, 3.63) is 65.5 Å². The van der Waals surface area contributed by atoms with E-state index >= 15 is 0 Å². The molecule has 0 heterocycles. The van der Waals surface area contributed by atoms with E-state index in [1.807, 2.05) is 31.2 Å². The van der Waals surface area contributed by atoms with Crippen molar-refractivity contribution in [2.45, 2.75) is 13.5 Å². The van der Waals surface area contributed by atoms with Gasteiger partial charge in [0.2, 0.25) is 0 Å². The third kappa shape index (κ3) is 4.03. The lowest BCUT2D eigenvalue weighted by molar-refractivity contribution is 0.606. The van der Waals surface area contributed by atoms with Gasteiger partial charge in [0.05, 0.1) is 0 Å². The van der Waals surface area contributed by atoms with Crippen LogP contribution in [0.5, 0.6) is 0 Å². The molecule has 2 aromatic carbocycles. The SMILES string of the molecule is Cc1cccc(NC(=S)NCc2ccccc2F)c1. The number of anilines is 1. The molecule has 0 spiro atoms. The molecule has 0 amide bonds. The summed E-state index contributed by atoms with van der Waals surface area (Å²) in [4.78, 5) is 0. The zero-order valence-corrected chi connectivity index (χ0v) is 11.4. The summed E-state index contributed by atoms with van der Waals surface area (Å²) in [5, 5.41) is 6.54. The van der Waals surface area contributed by atoms with Gasteiger partial charge in [-0.2, -0.15) is 0 Å². The largest absolute Gasteiger partial charge is 0.358 e. The van der Waals surface area contributed by atoms with Crippen molar-refractivity contribution in [3.63, 3.8) is 0 Å². The van der Waals surface area contributed by atoms with Crippen LogP contribution >= 0.6 is 12.2 Å². The summed E-state index contributed by atoms with van der Waals surface area (Å²) in [7, 11) is 0. The normalized spacial score (nSPS) is 10.0. The van der Waals surface area contributed by atoms with E-state index in [4.69, 9.17) is 12.2 Å². The molecule has 0 aliphatic carbocycles. The molecule has 0 bridgehead atoms. The van der Waals surface area contributed by atoms with Crippen LogP contribution in [0.15, 0.2) is 48.5 Å². The lowest BCUT2D eigenvalue weighted by Crippen LogP contribution is -2.28. The maximum Gasteiger partial charge on any atom is 0.171 e. The molecule has 0 atom stereocenters. The summed E-state index contributed by atoms with van der Waals surface area (Å²) in [6.45, 7) is 2.38. The van der Waals surface area contributed by atoms with E-state index in [1.54, 1.807) is 18.2 Å². The van der Waals surface area contributed by atoms with Gasteiger partial charge in [-0.15, -0.1) is 0 Å². The molecule has 2 rings (SSSR count). The van der Waals surface area contributed by atoms with Crippen LogP contribution in [-0.4, -0.2) is 5.11 Å². The third-order valence-electron chi connectivity index (χ3n) is 2.67. The highest BCUT2D eigenvalue weighted by atomic mass is 32.1. The number of rotatable bonds is 3. The van der Waals surface area contributed by atoms with E-state index in [0.717, 1.165) is 11.3 Å². The number of hydrogen-bond donors (Lipinski definition) is 2. The van der Waals surface area contributed by atoms with Crippen LogP contribution in [0.2, 0.25) is 0 Å². The average Bonchev–Trinajstić information content (AvgIpc) is 2.38. The predicted octanol–water partition coefficient (Wildman–Crippen LogP) is 3.62. The first kappa shape index (κ1) is 13.5. The van der Waals surface area contributed by atoms with Crippen molar-refractivity contribution >= 4 is 23.0 Å². The fraction of sp³-hybridized carbons (Fsp3) is 0.133. The minimum absolute atomic E-state index is 0.228. The Morgan fingerprint density at radius 1 is 1.16 bits per heavy atom. The Morgan fingerprint density at radius 2 is 1.95 bits per heavy atom. The van der Waals surface area contributed by atoms with Crippen molar-refractivity contribution in [3.8, 4) is 0 Å². The number of hydrogen-bond acceptors (Lipinski definition) is 1. The Bertz CT molecular complexity index is 584. The molecule has 2 N–H and O–H groups in total. The average molecular weight is 274 g/mol. The van der Waals surface area contributed by atoms with Crippen molar-refractivity contribution in [2.75, 3.05) is 5.32 Å². The van der Waals surface area contributed by atoms with Gasteiger partial charge in [0.1, 0.15) is 5.82 Å². The van der Waals surface area contributed by atoms with Crippen molar-refractivity contribution in [1.82, 2.24) is 5.32 Å². The molecule has 2 aromatic rings. The van der Waals surface area contributed by atoms with Crippen LogP contribution in [0.1, 0.15) is 11.1 Å². The molecule has 0 aliphatic rings. The Balaban J connectivity index is 1.90. The Hall–Kier alpha value is -1.94. The van der Waals surface area contributed by atoms with Gasteiger partial charge in [0.25, 0.3) is 0 Å². The number of benzene rings is 2. The fourth-order valence-corrected chi connectivity index (χ4v) is 1.91. The number of halogens is 1. The van der Waals surface area contributed by atoms with Gasteiger partial charge in [0.15, 0.2) is 5.11 Å². The van der Waals surface area contributed by atoms with Crippen LogP contribution in [0, 0.1) is 12.7 Å². The highest BCUT2D eigenvalue weighted by Crippen LogP contribution is 2.10. The Morgan fingerprint density at radius 3 is 2.68 bits per heavy atom. The first-order chi connectivity index (χ1) is 9.15. The zero-order valence-electron chi connectivity index (χ0n) is 10.6. The van der Waals surface area contributed by atoms with Crippen molar-refractivity contribution < 1.29 is 4.39 Å². The summed E-state index contributed by atoms with van der Waals surface area (Å²) in [6, 6.07) is 14.5. The second kappa shape index (κ2) is 6.29. The van der Waals surface area contributed by atoms with Gasteiger partial charge in [-0.25, -0.2) is 4.39 Å². The molecule has 0 radical (unpaired) electrons. The van der Waals surface area contributed by atoms with Crippen LogP contribution in [0.3, 0.4) is 0 Å². The van der Waals surface area contributed by atoms with Gasteiger partial charge in [-0.3, -0.25) is 0 Å². The first-order valence-electron chi connectivity index (χ1n) is 6.00. The third-order valence-corrected chi connectivity index (χ3v) is 2.92. The lowest BCUT2D eigenvalue weighted by atomic mass is 10.2. The van der Waals surface area contributed by atoms with Crippen LogP contribution < -0.4 is 10.6 Å². The quantitative estimate of drug-likeness (QED) is 0.836. The second-order valence-corrected chi connectivity index (χ2v) is 4.68. The topological polar surface area (TPSA) is 24.1 Å². The molecular formula is C15H15FN2S. The van der Waals surface area contributed by atoms with E-state index in [0.29, 0.717) is 17.2 Å². The maximum absolute atomic E-state index is 13.4. The van der Waals surface area contributed by atoms with E-state index in [9.17, 15) is 4.39 Å². The standard InChI is InChI=1S/C15H15FN2S/c1-11-5-4-7-13(9-11)18-15(19)17-10-12-6-2-3-8-14(12)16/h2-9H,10H2,1H3,(H2,17,18,19). The molecule has 19 heavy (non-hydrogen) atoms. The van der Waals surface area contributed by atoms with Gasteiger partial charge < -0.3 is 10.6 Å². The minimum Gasteiger partial charge on any atom is -0.358 e. The number of nitrogens with one attached hydrogen (secondary N) is 2. The number of thiocarbonyl (C=S) groups is 1.